The van der Waals surface area contributed by atoms with Crippen molar-refractivity contribution < 1.29 is 14.3 Å². The molecule has 0 saturated carbocycles. The number of carbonyl (C=O) groups is 1. The van der Waals surface area contributed by atoms with Gasteiger partial charge in [0.2, 0.25) is 0 Å². The van der Waals surface area contributed by atoms with Gasteiger partial charge in [-0.1, -0.05) is 11.8 Å². The van der Waals surface area contributed by atoms with E-state index in [-0.39, 0.29) is 31.0 Å². The van der Waals surface area contributed by atoms with Crippen LogP contribution in [-0.2, 0) is 14.3 Å². The number of ether oxygens (including phenoxy) is 2. The Bertz CT molecular complexity index is 313. The highest BCUT2D eigenvalue weighted by Gasteiger charge is 2.34. The Labute approximate surface area is 95.7 Å². The number of nitrogens with one attached hydrogen (secondary N) is 1. The smallest absolute Gasteiger partial charge is 0.311 e. The van der Waals surface area contributed by atoms with Gasteiger partial charge in [0.15, 0.2) is 6.61 Å². The van der Waals surface area contributed by atoms with Crippen LogP contribution in [0.25, 0.3) is 0 Å². The molecule has 0 bridgehead atoms. The SMILES string of the molecule is C#CCOCC1CNCC1C(=O)OCC#C. The van der Waals surface area contributed by atoms with Crippen molar-refractivity contribution in [3.63, 3.8) is 0 Å². The molecule has 4 nitrogen and oxygen atoms in total. The van der Waals surface area contributed by atoms with Crippen molar-refractivity contribution in [3.8, 4) is 24.7 Å². The van der Waals surface area contributed by atoms with Crippen molar-refractivity contribution in [1.29, 1.82) is 0 Å². The summed E-state index contributed by atoms with van der Waals surface area (Å²) >= 11 is 0. The molecule has 86 valence electrons. The molecule has 0 aliphatic carbocycles. The van der Waals surface area contributed by atoms with Crippen LogP contribution in [0.3, 0.4) is 0 Å². The number of hydrogen-bond acceptors (Lipinski definition) is 4. The van der Waals surface area contributed by atoms with E-state index in [2.05, 4.69) is 17.2 Å². The van der Waals surface area contributed by atoms with Gasteiger partial charge in [0.1, 0.15) is 6.61 Å². The van der Waals surface area contributed by atoms with E-state index in [1.54, 1.807) is 0 Å². The molecule has 4 heteroatoms. The monoisotopic (exact) mass is 221 g/mol. The zero-order valence-electron chi connectivity index (χ0n) is 9.07. The molecule has 1 rings (SSSR count). The molecule has 0 aromatic carbocycles. The summed E-state index contributed by atoms with van der Waals surface area (Å²) in [7, 11) is 0. The first-order valence-corrected chi connectivity index (χ1v) is 5.11. The van der Waals surface area contributed by atoms with Gasteiger partial charge < -0.3 is 14.8 Å². The van der Waals surface area contributed by atoms with Crippen LogP contribution in [0.2, 0.25) is 0 Å². The highest BCUT2D eigenvalue weighted by atomic mass is 16.5. The first kappa shape index (κ1) is 12.6. The molecule has 1 N–H and O–H groups in total. The molecule has 0 aromatic rings. The molecule has 0 aromatic heterocycles. The third-order valence-electron chi connectivity index (χ3n) is 2.46. The zero-order valence-corrected chi connectivity index (χ0v) is 9.07. The van der Waals surface area contributed by atoms with E-state index >= 15 is 0 Å². The fraction of sp³-hybridized carbons (Fsp3) is 0.583. The molecule has 1 saturated heterocycles. The van der Waals surface area contributed by atoms with Crippen LogP contribution in [0.15, 0.2) is 0 Å². The molecule has 1 aliphatic rings. The lowest BCUT2D eigenvalue weighted by Gasteiger charge is -2.16. The van der Waals surface area contributed by atoms with E-state index in [0.717, 1.165) is 6.54 Å². The molecule has 0 amide bonds. The maximum absolute atomic E-state index is 11.6. The average Bonchev–Trinajstić information content (AvgIpc) is 2.74. The second-order valence-electron chi connectivity index (χ2n) is 3.56. The molecular formula is C12H15NO3. The van der Waals surface area contributed by atoms with Gasteiger partial charge in [-0.25, -0.2) is 0 Å². The largest absolute Gasteiger partial charge is 0.452 e. The van der Waals surface area contributed by atoms with Crippen LogP contribution in [0.5, 0.6) is 0 Å². The lowest BCUT2D eigenvalue weighted by Crippen LogP contribution is -2.28. The number of esters is 1. The number of carbonyl (C=O) groups excluding carboxylic acids is 1. The summed E-state index contributed by atoms with van der Waals surface area (Å²) in [5.41, 5.74) is 0. The minimum absolute atomic E-state index is 0.0211. The van der Waals surface area contributed by atoms with Gasteiger partial charge in [0.25, 0.3) is 0 Å². The van der Waals surface area contributed by atoms with Gasteiger partial charge in [-0.3, -0.25) is 4.79 Å². The Morgan fingerprint density at radius 1 is 1.31 bits per heavy atom. The topological polar surface area (TPSA) is 47.6 Å². The van der Waals surface area contributed by atoms with Crippen molar-refractivity contribution in [2.75, 3.05) is 32.9 Å². The number of hydrogen-bond donors (Lipinski definition) is 1. The second kappa shape index (κ2) is 6.90. The summed E-state index contributed by atoms with van der Waals surface area (Å²) in [6.07, 6.45) is 10.1. The maximum Gasteiger partial charge on any atom is 0.311 e. The predicted molar refractivity (Wildman–Crippen MR) is 59.3 cm³/mol. The van der Waals surface area contributed by atoms with Crippen molar-refractivity contribution in [2.45, 2.75) is 0 Å². The van der Waals surface area contributed by atoms with Crippen molar-refractivity contribution in [3.05, 3.63) is 0 Å². The van der Waals surface area contributed by atoms with Crippen molar-refractivity contribution >= 4 is 5.97 Å². The maximum atomic E-state index is 11.6. The van der Waals surface area contributed by atoms with E-state index < -0.39 is 0 Å². The van der Waals surface area contributed by atoms with Crippen LogP contribution in [0.4, 0.5) is 0 Å². The lowest BCUT2D eigenvalue weighted by molar-refractivity contribution is -0.148. The number of terminal acetylenes is 2. The first-order valence-electron chi connectivity index (χ1n) is 5.11. The van der Waals surface area contributed by atoms with Gasteiger partial charge in [-0.2, -0.15) is 0 Å². The summed E-state index contributed by atoms with van der Waals surface area (Å²) in [6.45, 7) is 2.09. The number of rotatable bonds is 5. The van der Waals surface area contributed by atoms with Gasteiger partial charge in [0, 0.05) is 19.0 Å². The van der Waals surface area contributed by atoms with Crippen molar-refractivity contribution in [2.24, 2.45) is 11.8 Å². The Kier molecular flexibility index (Phi) is 5.42. The molecule has 2 atom stereocenters. The van der Waals surface area contributed by atoms with Gasteiger partial charge in [-0.15, -0.1) is 12.8 Å². The van der Waals surface area contributed by atoms with Gasteiger partial charge in [-0.05, 0) is 0 Å². The van der Waals surface area contributed by atoms with Crippen LogP contribution in [-0.4, -0.2) is 38.9 Å². The average molecular weight is 221 g/mol. The van der Waals surface area contributed by atoms with Crippen LogP contribution >= 0.6 is 0 Å². The first-order chi connectivity index (χ1) is 7.79. The van der Waals surface area contributed by atoms with Crippen LogP contribution < -0.4 is 5.32 Å². The summed E-state index contributed by atoms with van der Waals surface area (Å²) < 4.78 is 10.1. The Hall–Kier alpha value is -1.49. The third kappa shape index (κ3) is 3.58. The van der Waals surface area contributed by atoms with Crippen LogP contribution in [0, 0.1) is 36.5 Å². The van der Waals surface area contributed by atoms with E-state index in [9.17, 15) is 4.79 Å². The van der Waals surface area contributed by atoms with E-state index in [1.807, 2.05) is 0 Å². The quantitative estimate of drug-likeness (QED) is 0.391. The molecule has 0 spiro atoms. The molecular weight excluding hydrogens is 206 g/mol. The summed E-state index contributed by atoms with van der Waals surface area (Å²) in [6, 6.07) is 0. The Morgan fingerprint density at radius 3 is 2.75 bits per heavy atom. The highest BCUT2D eigenvalue weighted by molar-refractivity contribution is 5.73. The molecule has 0 radical (unpaired) electrons. The third-order valence-corrected chi connectivity index (χ3v) is 2.46. The minimum Gasteiger partial charge on any atom is -0.452 e. The molecule has 1 fully saturated rings. The van der Waals surface area contributed by atoms with Gasteiger partial charge in [0.05, 0.1) is 12.5 Å². The van der Waals surface area contributed by atoms with Gasteiger partial charge >= 0.3 is 5.97 Å². The molecule has 1 heterocycles. The summed E-state index contributed by atoms with van der Waals surface area (Å²) in [4.78, 5) is 11.6. The highest BCUT2D eigenvalue weighted by Crippen LogP contribution is 2.18. The van der Waals surface area contributed by atoms with Crippen LogP contribution in [0.1, 0.15) is 0 Å². The molecule has 1 aliphatic heterocycles. The van der Waals surface area contributed by atoms with E-state index in [4.69, 9.17) is 22.3 Å². The Balaban J connectivity index is 2.37. The van der Waals surface area contributed by atoms with E-state index in [0.29, 0.717) is 13.2 Å². The zero-order chi connectivity index (χ0) is 11.8. The Morgan fingerprint density at radius 2 is 2.06 bits per heavy atom. The van der Waals surface area contributed by atoms with Crippen molar-refractivity contribution in [1.82, 2.24) is 5.32 Å². The van der Waals surface area contributed by atoms with E-state index in [1.165, 1.54) is 0 Å². The standard InChI is InChI=1S/C12H15NO3/c1-3-5-15-9-10-7-13-8-11(10)12(14)16-6-4-2/h1-2,10-11,13H,5-9H2. The second-order valence-corrected chi connectivity index (χ2v) is 3.56. The fourth-order valence-electron chi connectivity index (χ4n) is 1.67. The predicted octanol–water partition coefficient (Wildman–Crippen LogP) is -0.352. The molecule has 16 heavy (non-hydrogen) atoms. The lowest BCUT2D eigenvalue weighted by atomic mass is 9.97. The fourth-order valence-corrected chi connectivity index (χ4v) is 1.67. The summed E-state index contributed by atoms with van der Waals surface area (Å²) in [5, 5.41) is 3.12. The summed E-state index contributed by atoms with van der Waals surface area (Å²) in [5.74, 6) is 4.31. The molecule has 2 unspecified atom stereocenters. The normalized spacial score (nSPS) is 23.4. The minimum atomic E-state index is -0.266.